The number of rotatable bonds is 6. The van der Waals surface area contributed by atoms with Crippen LogP contribution in [0.3, 0.4) is 0 Å². The number of hydrogen-bond donors (Lipinski definition) is 2. The first-order valence-electron chi connectivity index (χ1n) is 7.96. The summed E-state index contributed by atoms with van der Waals surface area (Å²) in [5, 5.41) is 15.0. The van der Waals surface area contributed by atoms with Crippen molar-refractivity contribution in [2.45, 2.75) is 32.9 Å². The van der Waals surface area contributed by atoms with Crippen LogP contribution in [0.15, 0.2) is 47.0 Å². The quantitative estimate of drug-likeness (QED) is 0.710. The molecule has 2 heterocycles. The standard InChI is InChI=1S/C19H22N2O2S/c1-13-9-17(14(2)23-13)19(3,22)12-20-10-16-11-21-18(24-16)15-7-5-4-6-8-15/h4-9,11,20,22H,10,12H2,1-3H3. The molecule has 1 atom stereocenters. The number of thiazole rings is 1. The molecule has 126 valence electrons. The number of aromatic nitrogens is 1. The number of aryl methyl sites for hydroxylation is 2. The SMILES string of the molecule is Cc1cc(C(C)(O)CNCc2cnc(-c3ccccc3)s2)c(C)o1. The molecule has 24 heavy (non-hydrogen) atoms. The van der Waals surface area contributed by atoms with E-state index in [9.17, 15) is 5.11 Å². The van der Waals surface area contributed by atoms with E-state index in [4.69, 9.17) is 4.42 Å². The van der Waals surface area contributed by atoms with Crippen molar-refractivity contribution in [1.29, 1.82) is 0 Å². The molecule has 3 aromatic rings. The summed E-state index contributed by atoms with van der Waals surface area (Å²) in [4.78, 5) is 5.62. The monoisotopic (exact) mass is 342 g/mol. The van der Waals surface area contributed by atoms with Gasteiger partial charge >= 0.3 is 0 Å². The largest absolute Gasteiger partial charge is 0.466 e. The van der Waals surface area contributed by atoms with Gasteiger partial charge in [0, 0.05) is 35.3 Å². The molecular weight excluding hydrogens is 320 g/mol. The van der Waals surface area contributed by atoms with Crippen LogP contribution in [0, 0.1) is 13.8 Å². The number of furan rings is 1. The van der Waals surface area contributed by atoms with Gasteiger partial charge in [0.2, 0.25) is 0 Å². The molecule has 5 heteroatoms. The Labute approximate surface area is 146 Å². The fraction of sp³-hybridized carbons (Fsp3) is 0.316. The number of hydrogen-bond acceptors (Lipinski definition) is 5. The van der Waals surface area contributed by atoms with Gasteiger partial charge in [-0.05, 0) is 26.8 Å². The van der Waals surface area contributed by atoms with Crippen molar-refractivity contribution in [2.24, 2.45) is 0 Å². The summed E-state index contributed by atoms with van der Waals surface area (Å²) in [6.45, 7) is 6.70. The molecule has 1 aromatic carbocycles. The summed E-state index contributed by atoms with van der Waals surface area (Å²) in [5.41, 5.74) is 1.00. The molecular formula is C19H22N2O2S. The van der Waals surface area contributed by atoms with Crippen molar-refractivity contribution in [3.63, 3.8) is 0 Å². The van der Waals surface area contributed by atoms with E-state index in [0.717, 1.165) is 32.5 Å². The number of benzene rings is 1. The highest BCUT2D eigenvalue weighted by Gasteiger charge is 2.27. The molecule has 0 saturated carbocycles. The summed E-state index contributed by atoms with van der Waals surface area (Å²) in [6.07, 6.45) is 1.89. The van der Waals surface area contributed by atoms with Gasteiger partial charge < -0.3 is 14.8 Å². The van der Waals surface area contributed by atoms with Crippen molar-refractivity contribution < 1.29 is 9.52 Å². The molecule has 0 fully saturated rings. The Hall–Kier alpha value is -1.95. The number of nitrogens with one attached hydrogen (secondary N) is 1. The predicted molar refractivity (Wildman–Crippen MR) is 97.0 cm³/mol. The summed E-state index contributed by atoms with van der Waals surface area (Å²) < 4.78 is 5.52. The Kier molecular flexibility index (Phi) is 4.85. The lowest BCUT2D eigenvalue weighted by Crippen LogP contribution is -2.35. The normalized spacial score (nSPS) is 13.8. The Balaban J connectivity index is 1.60. The molecule has 2 aromatic heterocycles. The molecule has 0 saturated heterocycles. The zero-order valence-electron chi connectivity index (χ0n) is 14.2. The second kappa shape index (κ2) is 6.89. The third-order valence-electron chi connectivity index (χ3n) is 3.96. The molecule has 0 amide bonds. The first-order chi connectivity index (χ1) is 11.5. The summed E-state index contributed by atoms with van der Waals surface area (Å²) in [5.74, 6) is 1.58. The van der Waals surface area contributed by atoms with Crippen LogP contribution in [-0.2, 0) is 12.1 Å². The van der Waals surface area contributed by atoms with Gasteiger partial charge in [0.1, 0.15) is 22.1 Å². The van der Waals surface area contributed by atoms with E-state index >= 15 is 0 Å². The fourth-order valence-corrected chi connectivity index (χ4v) is 3.68. The van der Waals surface area contributed by atoms with Crippen LogP contribution < -0.4 is 5.32 Å². The average Bonchev–Trinajstić information content (AvgIpc) is 3.15. The van der Waals surface area contributed by atoms with Crippen LogP contribution in [0.5, 0.6) is 0 Å². The highest BCUT2D eigenvalue weighted by atomic mass is 32.1. The minimum absolute atomic E-state index is 0.450. The highest BCUT2D eigenvalue weighted by Crippen LogP contribution is 2.27. The molecule has 0 spiro atoms. The molecule has 0 aliphatic rings. The maximum Gasteiger partial charge on any atom is 0.123 e. The minimum atomic E-state index is -0.964. The van der Waals surface area contributed by atoms with Gasteiger partial charge in [-0.3, -0.25) is 0 Å². The topological polar surface area (TPSA) is 58.3 Å². The molecule has 0 aliphatic heterocycles. The van der Waals surface area contributed by atoms with Crippen molar-refractivity contribution >= 4 is 11.3 Å². The first-order valence-corrected chi connectivity index (χ1v) is 8.78. The van der Waals surface area contributed by atoms with Crippen LogP contribution in [0.4, 0.5) is 0 Å². The van der Waals surface area contributed by atoms with Gasteiger partial charge in [0.15, 0.2) is 0 Å². The lowest BCUT2D eigenvalue weighted by Gasteiger charge is -2.23. The van der Waals surface area contributed by atoms with Gasteiger partial charge in [0.25, 0.3) is 0 Å². The third-order valence-corrected chi connectivity index (χ3v) is 5.01. The molecule has 1 unspecified atom stereocenters. The van der Waals surface area contributed by atoms with Crippen molar-refractivity contribution in [3.05, 3.63) is 64.6 Å². The van der Waals surface area contributed by atoms with E-state index in [0.29, 0.717) is 13.1 Å². The van der Waals surface area contributed by atoms with E-state index in [2.05, 4.69) is 22.4 Å². The van der Waals surface area contributed by atoms with E-state index in [1.54, 1.807) is 18.3 Å². The second-order valence-electron chi connectivity index (χ2n) is 6.20. The van der Waals surface area contributed by atoms with Crippen LogP contribution in [0.2, 0.25) is 0 Å². The number of aliphatic hydroxyl groups is 1. The average molecular weight is 342 g/mol. The maximum atomic E-state index is 10.7. The van der Waals surface area contributed by atoms with Gasteiger partial charge in [-0.25, -0.2) is 4.98 Å². The van der Waals surface area contributed by atoms with Gasteiger partial charge in [-0.15, -0.1) is 11.3 Å². The van der Waals surface area contributed by atoms with Crippen LogP contribution in [-0.4, -0.2) is 16.6 Å². The summed E-state index contributed by atoms with van der Waals surface area (Å²) in [6, 6.07) is 12.1. The second-order valence-corrected chi connectivity index (χ2v) is 7.32. The smallest absolute Gasteiger partial charge is 0.123 e. The zero-order chi connectivity index (χ0) is 17.2. The number of nitrogens with zero attached hydrogens (tertiary/aromatic N) is 1. The lowest BCUT2D eigenvalue weighted by molar-refractivity contribution is 0.0552. The van der Waals surface area contributed by atoms with Gasteiger partial charge in [-0.2, -0.15) is 0 Å². The minimum Gasteiger partial charge on any atom is -0.466 e. The molecule has 3 rings (SSSR count). The van der Waals surface area contributed by atoms with E-state index in [1.165, 1.54) is 0 Å². The molecule has 4 nitrogen and oxygen atoms in total. The predicted octanol–water partition coefficient (Wildman–Crippen LogP) is 4.02. The van der Waals surface area contributed by atoms with Crippen LogP contribution in [0.25, 0.3) is 10.6 Å². The Morgan fingerprint density at radius 3 is 2.67 bits per heavy atom. The summed E-state index contributed by atoms with van der Waals surface area (Å²) in [7, 11) is 0. The van der Waals surface area contributed by atoms with Crippen LogP contribution >= 0.6 is 11.3 Å². The van der Waals surface area contributed by atoms with Gasteiger partial charge in [-0.1, -0.05) is 30.3 Å². The Morgan fingerprint density at radius 1 is 1.25 bits per heavy atom. The Morgan fingerprint density at radius 2 is 2.00 bits per heavy atom. The first kappa shape index (κ1) is 16.9. The van der Waals surface area contributed by atoms with Crippen molar-refractivity contribution in [2.75, 3.05) is 6.54 Å². The van der Waals surface area contributed by atoms with Crippen LogP contribution in [0.1, 0.15) is 28.9 Å². The summed E-state index contributed by atoms with van der Waals surface area (Å²) >= 11 is 1.67. The van der Waals surface area contributed by atoms with E-state index < -0.39 is 5.60 Å². The van der Waals surface area contributed by atoms with E-state index in [-0.39, 0.29) is 0 Å². The van der Waals surface area contributed by atoms with Gasteiger partial charge in [0.05, 0.1) is 0 Å². The molecule has 0 radical (unpaired) electrons. The highest BCUT2D eigenvalue weighted by molar-refractivity contribution is 7.15. The molecule has 2 N–H and O–H groups in total. The maximum absolute atomic E-state index is 10.7. The Bertz CT molecular complexity index is 806. The van der Waals surface area contributed by atoms with Crippen molar-refractivity contribution in [3.8, 4) is 10.6 Å². The lowest BCUT2D eigenvalue weighted by atomic mass is 9.96. The zero-order valence-corrected chi connectivity index (χ0v) is 15.0. The fourth-order valence-electron chi connectivity index (χ4n) is 2.79. The van der Waals surface area contributed by atoms with Crippen molar-refractivity contribution in [1.82, 2.24) is 10.3 Å². The molecule has 0 aliphatic carbocycles. The van der Waals surface area contributed by atoms with E-state index in [1.807, 2.05) is 44.3 Å². The third kappa shape index (κ3) is 3.75. The molecule has 0 bridgehead atoms.